The molecule has 0 spiro atoms. The van der Waals surface area contributed by atoms with Crippen LogP contribution in [-0.4, -0.2) is 37.4 Å². The average Bonchev–Trinajstić information content (AvgIpc) is 3.84. The zero-order valence-electron chi connectivity index (χ0n) is 24.7. The summed E-state index contributed by atoms with van der Waals surface area (Å²) in [5.74, 6) is 0.414. The third kappa shape index (κ3) is 8.44. The molecule has 2 heterocycles. The summed E-state index contributed by atoms with van der Waals surface area (Å²) in [6.45, 7) is 5.49. The SMILES string of the molecule is CCn1nccc1C(=O)NC(C(=O)Nc1ccc(-c2c(C)nn(COP(=O)([O-])[O-])c2C)cc1)C(C1CC1)C1CC1.[Na+].[Na+]. The van der Waals surface area contributed by atoms with Crippen LogP contribution in [0.15, 0.2) is 36.5 Å². The predicted molar refractivity (Wildman–Crippen MR) is 143 cm³/mol. The van der Waals surface area contributed by atoms with Crippen molar-refractivity contribution in [3.63, 3.8) is 0 Å². The monoisotopic (exact) mass is 614 g/mol. The Labute approximate surface area is 289 Å². The summed E-state index contributed by atoms with van der Waals surface area (Å²) in [7, 11) is -5.13. The molecule has 2 aliphatic rings. The van der Waals surface area contributed by atoms with E-state index in [-0.39, 0.29) is 76.8 Å². The van der Waals surface area contributed by atoms with Crippen LogP contribution < -0.4 is 79.5 Å². The normalized spacial score (nSPS) is 15.5. The van der Waals surface area contributed by atoms with Crippen molar-refractivity contribution in [3.05, 3.63) is 53.6 Å². The average molecular weight is 615 g/mol. The zero-order valence-corrected chi connectivity index (χ0v) is 29.6. The minimum absolute atomic E-state index is 0. The number of amides is 2. The van der Waals surface area contributed by atoms with E-state index in [0.717, 1.165) is 36.8 Å². The molecule has 15 heteroatoms. The first-order chi connectivity index (χ1) is 19.1. The van der Waals surface area contributed by atoms with Crippen molar-refractivity contribution in [1.82, 2.24) is 24.9 Å². The third-order valence-electron chi connectivity index (χ3n) is 7.70. The van der Waals surface area contributed by atoms with E-state index < -0.39 is 20.6 Å². The van der Waals surface area contributed by atoms with Crippen LogP contribution in [0.1, 0.15) is 54.5 Å². The number of nitrogens with one attached hydrogen (secondary N) is 2. The number of aromatic nitrogens is 4. The largest absolute Gasteiger partial charge is 1.00 e. The Morgan fingerprint density at radius 1 is 1.05 bits per heavy atom. The number of aryl methyl sites for hydroxylation is 2. The maximum absolute atomic E-state index is 13.6. The Hall–Kier alpha value is -1.31. The molecule has 2 fully saturated rings. The van der Waals surface area contributed by atoms with Gasteiger partial charge in [0.25, 0.3) is 5.91 Å². The first-order valence-electron chi connectivity index (χ1n) is 13.5. The van der Waals surface area contributed by atoms with Crippen LogP contribution in [0.5, 0.6) is 0 Å². The molecular formula is C27H33N6Na2O6P. The molecule has 12 nitrogen and oxygen atoms in total. The van der Waals surface area contributed by atoms with E-state index in [1.807, 2.05) is 19.1 Å². The van der Waals surface area contributed by atoms with E-state index in [9.17, 15) is 23.9 Å². The molecule has 2 aliphatic carbocycles. The van der Waals surface area contributed by atoms with E-state index in [1.165, 1.54) is 4.68 Å². The summed E-state index contributed by atoms with van der Waals surface area (Å²) >= 11 is 0. The topological polar surface area (TPSA) is 166 Å². The van der Waals surface area contributed by atoms with E-state index >= 15 is 0 Å². The molecule has 2 amide bonds. The van der Waals surface area contributed by atoms with Gasteiger partial charge in [0.1, 0.15) is 18.5 Å². The van der Waals surface area contributed by atoms with Crippen LogP contribution in [0, 0.1) is 31.6 Å². The second kappa shape index (κ2) is 14.6. The number of benzene rings is 1. The van der Waals surface area contributed by atoms with Crippen LogP contribution >= 0.6 is 7.82 Å². The summed E-state index contributed by atoms with van der Waals surface area (Å²) in [6, 6.07) is 8.21. The predicted octanol–water partition coefficient (Wildman–Crippen LogP) is -3.63. The number of carbonyl (C=O) groups is 2. The first-order valence-corrected chi connectivity index (χ1v) is 15.0. The van der Waals surface area contributed by atoms with E-state index in [0.29, 0.717) is 41.1 Å². The molecule has 214 valence electrons. The summed E-state index contributed by atoms with van der Waals surface area (Å²) in [5.41, 5.74) is 3.86. The van der Waals surface area contributed by atoms with Gasteiger partial charge < -0.3 is 29.5 Å². The molecule has 0 bridgehead atoms. The summed E-state index contributed by atoms with van der Waals surface area (Å²) in [6.07, 6.45) is 5.87. The van der Waals surface area contributed by atoms with Crippen LogP contribution in [0.3, 0.4) is 0 Å². The number of nitrogens with zero attached hydrogens (tertiary/aromatic N) is 4. The fraction of sp³-hybridized carbons (Fsp3) is 0.481. The number of phosphoric ester groups is 1. The Morgan fingerprint density at radius 2 is 1.67 bits per heavy atom. The third-order valence-corrected chi connectivity index (χ3v) is 8.13. The van der Waals surface area contributed by atoms with Gasteiger partial charge in [0, 0.05) is 29.7 Å². The van der Waals surface area contributed by atoms with Crippen LogP contribution in [-0.2, 0) is 27.2 Å². The fourth-order valence-corrected chi connectivity index (χ4v) is 5.78. The molecule has 1 aromatic carbocycles. The van der Waals surface area contributed by atoms with Gasteiger partial charge in [-0.25, -0.2) is 4.68 Å². The van der Waals surface area contributed by atoms with E-state index in [1.54, 1.807) is 42.9 Å². The van der Waals surface area contributed by atoms with Crippen molar-refractivity contribution < 1.29 is 87.6 Å². The van der Waals surface area contributed by atoms with Crippen molar-refractivity contribution >= 4 is 25.3 Å². The van der Waals surface area contributed by atoms with E-state index in [4.69, 9.17) is 0 Å². The van der Waals surface area contributed by atoms with Gasteiger partial charge in [-0.2, -0.15) is 10.2 Å². The Bertz CT molecular complexity index is 1440. The van der Waals surface area contributed by atoms with Gasteiger partial charge in [-0.1, -0.05) is 12.1 Å². The van der Waals surface area contributed by atoms with Gasteiger partial charge in [0.2, 0.25) is 5.91 Å². The minimum Gasteiger partial charge on any atom is -0.790 e. The zero-order chi connectivity index (χ0) is 28.6. The molecule has 0 aliphatic heterocycles. The maximum atomic E-state index is 13.6. The van der Waals surface area contributed by atoms with Gasteiger partial charge in [-0.05, 0) is 88.0 Å². The second-order valence-electron chi connectivity index (χ2n) is 10.6. The van der Waals surface area contributed by atoms with Gasteiger partial charge in [-0.15, -0.1) is 0 Å². The second-order valence-corrected chi connectivity index (χ2v) is 11.7. The number of phosphoric acid groups is 1. The molecule has 2 N–H and O–H groups in total. The number of rotatable bonds is 12. The summed E-state index contributed by atoms with van der Waals surface area (Å²) in [5, 5.41) is 14.5. The molecule has 0 radical (unpaired) electrons. The Kier molecular flexibility index (Phi) is 12.3. The van der Waals surface area contributed by atoms with Gasteiger partial charge in [-0.3, -0.25) is 14.3 Å². The molecule has 5 rings (SSSR count). The number of anilines is 1. The Morgan fingerprint density at radius 3 is 2.21 bits per heavy atom. The van der Waals surface area contributed by atoms with Crippen LogP contribution in [0.4, 0.5) is 5.69 Å². The van der Waals surface area contributed by atoms with Gasteiger partial charge in [0.05, 0.1) is 13.5 Å². The summed E-state index contributed by atoms with van der Waals surface area (Å²) < 4.78 is 18.2. The molecule has 1 unspecified atom stereocenters. The van der Waals surface area contributed by atoms with Crippen molar-refractivity contribution in [2.24, 2.45) is 17.8 Å². The van der Waals surface area contributed by atoms with Crippen LogP contribution in [0.25, 0.3) is 11.1 Å². The van der Waals surface area contributed by atoms with Crippen molar-refractivity contribution in [3.8, 4) is 11.1 Å². The smallest absolute Gasteiger partial charge is 0.790 e. The number of hydrogen-bond acceptors (Lipinski definition) is 8. The van der Waals surface area contributed by atoms with Gasteiger partial charge in [0.15, 0.2) is 0 Å². The fourth-order valence-electron chi connectivity index (χ4n) is 5.53. The minimum atomic E-state index is -5.13. The number of hydrogen-bond donors (Lipinski definition) is 2. The first kappa shape index (κ1) is 35.2. The van der Waals surface area contributed by atoms with Crippen molar-refractivity contribution in [1.29, 1.82) is 0 Å². The molecule has 42 heavy (non-hydrogen) atoms. The molecule has 1 atom stereocenters. The van der Waals surface area contributed by atoms with Crippen molar-refractivity contribution in [2.75, 3.05) is 5.32 Å². The standard InChI is InChI=1S/C27H35N6O6P.2Na/c1-4-32-22(13-14-28-32)26(34)30-25(24(19-5-6-19)20-7-8-20)27(35)29-21-11-9-18(10-12-21)23-16(2)31-33(17(23)3)15-39-40(36,37)38;;/h9-14,19-20,24-25H,4-8,15H2,1-3H3,(H,29,35)(H,30,34)(H2,36,37,38);;/q;2*+1/p-2. The quantitative estimate of drug-likeness (QED) is 0.156. The molecule has 2 aromatic heterocycles. The van der Waals surface area contributed by atoms with Gasteiger partial charge >= 0.3 is 59.1 Å². The van der Waals surface area contributed by atoms with Crippen LogP contribution in [0.2, 0.25) is 0 Å². The molecule has 2 saturated carbocycles. The molecule has 3 aromatic rings. The van der Waals surface area contributed by atoms with Crippen molar-refractivity contribution in [2.45, 2.75) is 65.8 Å². The molecular weight excluding hydrogens is 581 g/mol. The Balaban J connectivity index is 0.00000242. The molecule has 0 saturated heterocycles. The van der Waals surface area contributed by atoms with E-state index in [2.05, 4.69) is 25.4 Å². The summed E-state index contributed by atoms with van der Waals surface area (Å²) in [4.78, 5) is 48.6. The number of carbonyl (C=O) groups excluding carboxylic acids is 2. The maximum Gasteiger partial charge on any atom is 1.00 e.